The van der Waals surface area contributed by atoms with E-state index < -0.39 is 0 Å². The van der Waals surface area contributed by atoms with Gasteiger partial charge in [-0.15, -0.1) is 11.3 Å². The van der Waals surface area contributed by atoms with Crippen molar-refractivity contribution in [3.05, 3.63) is 45.0 Å². The number of carbonyl (C=O) groups is 2. The first-order valence-electron chi connectivity index (χ1n) is 8.22. The largest absolute Gasteiger partial charge is 0.466 e. The molecular weight excluding hydrogens is 324 g/mol. The maximum Gasteiger partial charge on any atom is 0.255 e. The van der Waals surface area contributed by atoms with Crippen LogP contribution in [0.3, 0.4) is 0 Å². The third-order valence-electron chi connectivity index (χ3n) is 4.49. The van der Waals surface area contributed by atoms with Crippen molar-refractivity contribution in [2.45, 2.75) is 39.7 Å². The van der Waals surface area contributed by atoms with Crippen LogP contribution in [0.15, 0.2) is 21.9 Å². The summed E-state index contributed by atoms with van der Waals surface area (Å²) in [6.07, 6.45) is 1.77. The van der Waals surface area contributed by atoms with Crippen LogP contribution in [0.25, 0.3) is 0 Å². The number of amides is 2. The number of nitrogens with one attached hydrogen (secondary N) is 1. The SMILES string of the molecule is CC[C@H]1c2ccsc2CCN1C(=O)CNC(=O)c1cc(C)oc1C. The topological polar surface area (TPSA) is 62.6 Å². The third kappa shape index (κ3) is 3.11. The van der Waals surface area contributed by atoms with Crippen LogP contribution in [-0.4, -0.2) is 29.8 Å². The van der Waals surface area contributed by atoms with Gasteiger partial charge in [0.05, 0.1) is 18.2 Å². The summed E-state index contributed by atoms with van der Waals surface area (Å²) in [5.41, 5.74) is 1.75. The van der Waals surface area contributed by atoms with Gasteiger partial charge in [-0.1, -0.05) is 6.92 Å². The summed E-state index contributed by atoms with van der Waals surface area (Å²) in [7, 11) is 0. The molecule has 1 atom stereocenters. The highest BCUT2D eigenvalue weighted by Gasteiger charge is 2.30. The molecule has 2 aromatic rings. The summed E-state index contributed by atoms with van der Waals surface area (Å²) < 4.78 is 5.37. The number of carbonyl (C=O) groups excluding carboxylic acids is 2. The number of rotatable bonds is 4. The molecule has 2 amide bonds. The summed E-state index contributed by atoms with van der Waals surface area (Å²) in [5, 5.41) is 4.82. The second-order valence-corrected chi connectivity index (χ2v) is 7.07. The molecule has 0 unspecified atom stereocenters. The van der Waals surface area contributed by atoms with Crippen LogP contribution in [-0.2, 0) is 11.2 Å². The van der Waals surface area contributed by atoms with Gasteiger partial charge in [0.1, 0.15) is 11.5 Å². The van der Waals surface area contributed by atoms with Gasteiger partial charge in [0.15, 0.2) is 0 Å². The Morgan fingerprint density at radius 1 is 1.42 bits per heavy atom. The molecule has 3 heterocycles. The van der Waals surface area contributed by atoms with Gasteiger partial charge in [-0.2, -0.15) is 0 Å². The molecule has 2 aromatic heterocycles. The van der Waals surface area contributed by atoms with Gasteiger partial charge in [-0.3, -0.25) is 9.59 Å². The Morgan fingerprint density at radius 3 is 2.88 bits per heavy atom. The van der Waals surface area contributed by atoms with E-state index in [2.05, 4.69) is 23.7 Å². The first kappa shape index (κ1) is 16.8. The Labute approximate surface area is 145 Å². The van der Waals surface area contributed by atoms with Crippen molar-refractivity contribution in [1.82, 2.24) is 10.2 Å². The minimum absolute atomic E-state index is 0.0124. The molecule has 0 radical (unpaired) electrons. The lowest BCUT2D eigenvalue weighted by Gasteiger charge is -2.35. The molecule has 0 saturated carbocycles. The van der Waals surface area contributed by atoms with Gasteiger partial charge in [-0.05, 0) is 49.8 Å². The Hall–Kier alpha value is -2.08. The summed E-state index contributed by atoms with van der Waals surface area (Å²) in [6.45, 7) is 6.36. The smallest absolute Gasteiger partial charge is 0.255 e. The lowest BCUT2D eigenvalue weighted by atomic mass is 9.98. The predicted octanol–water partition coefficient (Wildman–Crippen LogP) is 3.22. The van der Waals surface area contributed by atoms with Gasteiger partial charge in [0.2, 0.25) is 5.91 Å². The number of fused-ring (bicyclic) bond motifs is 1. The maximum absolute atomic E-state index is 12.6. The molecule has 0 bridgehead atoms. The van der Waals surface area contributed by atoms with Crippen molar-refractivity contribution in [2.24, 2.45) is 0 Å². The van der Waals surface area contributed by atoms with Crippen molar-refractivity contribution in [2.75, 3.05) is 13.1 Å². The highest BCUT2D eigenvalue weighted by molar-refractivity contribution is 7.10. The number of thiophene rings is 1. The number of hydrogen-bond acceptors (Lipinski definition) is 4. The van der Waals surface area contributed by atoms with Crippen LogP contribution in [0, 0.1) is 13.8 Å². The molecule has 0 saturated heterocycles. The fourth-order valence-electron chi connectivity index (χ4n) is 3.34. The van der Waals surface area contributed by atoms with E-state index in [1.54, 1.807) is 31.3 Å². The number of furan rings is 1. The summed E-state index contributed by atoms with van der Waals surface area (Å²) in [4.78, 5) is 28.1. The summed E-state index contributed by atoms with van der Waals surface area (Å²) in [6, 6.07) is 3.93. The Bertz CT molecular complexity index is 762. The van der Waals surface area contributed by atoms with Gasteiger partial charge in [0, 0.05) is 11.4 Å². The normalized spacial score (nSPS) is 16.8. The number of hydrogen-bond donors (Lipinski definition) is 1. The average Bonchev–Trinajstić information content (AvgIpc) is 3.17. The van der Waals surface area contributed by atoms with Crippen molar-refractivity contribution < 1.29 is 14.0 Å². The second-order valence-electron chi connectivity index (χ2n) is 6.07. The Kier molecular flexibility index (Phi) is 4.76. The van der Waals surface area contributed by atoms with Crippen molar-refractivity contribution in [3.63, 3.8) is 0 Å². The predicted molar refractivity (Wildman–Crippen MR) is 93.3 cm³/mol. The zero-order chi connectivity index (χ0) is 17.3. The first-order chi connectivity index (χ1) is 11.5. The molecule has 1 aliphatic rings. The van der Waals surface area contributed by atoms with Crippen molar-refractivity contribution in [3.8, 4) is 0 Å². The molecule has 128 valence electrons. The second kappa shape index (κ2) is 6.81. The fourth-order valence-corrected chi connectivity index (χ4v) is 4.27. The van der Waals surface area contributed by atoms with E-state index in [1.807, 2.05) is 4.90 Å². The summed E-state index contributed by atoms with van der Waals surface area (Å²) in [5.74, 6) is 0.963. The molecule has 3 rings (SSSR count). The Balaban J connectivity index is 1.65. The number of aryl methyl sites for hydroxylation is 2. The molecule has 0 aromatic carbocycles. The monoisotopic (exact) mass is 346 g/mol. The first-order valence-corrected chi connectivity index (χ1v) is 9.10. The zero-order valence-electron chi connectivity index (χ0n) is 14.2. The van der Waals surface area contributed by atoms with Gasteiger partial charge in [0.25, 0.3) is 5.91 Å². The van der Waals surface area contributed by atoms with Crippen LogP contribution in [0.5, 0.6) is 0 Å². The average molecular weight is 346 g/mol. The molecular formula is C18H22N2O3S. The molecule has 0 spiro atoms. The van der Waals surface area contributed by atoms with E-state index in [1.165, 1.54) is 10.4 Å². The molecule has 0 fully saturated rings. The van der Waals surface area contributed by atoms with Crippen LogP contribution >= 0.6 is 11.3 Å². The molecule has 5 nitrogen and oxygen atoms in total. The van der Waals surface area contributed by atoms with Gasteiger partial charge in [-0.25, -0.2) is 0 Å². The zero-order valence-corrected chi connectivity index (χ0v) is 15.0. The minimum atomic E-state index is -0.265. The van der Waals surface area contributed by atoms with E-state index >= 15 is 0 Å². The highest BCUT2D eigenvalue weighted by atomic mass is 32.1. The van der Waals surface area contributed by atoms with Crippen molar-refractivity contribution >= 4 is 23.2 Å². The lowest BCUT2D eigenvalue weighted by molar-refractivity contribution is -0.133. The van der Waals surface area contributed by atoms with E-state index in [4.69, 9.17) is 4.42 Å². The van der Waals surface area contributed by atoms with Crippen LogP contribution < -0.4 is 5.32 Å². The van der Waals surface area contributed by atoms with Crippen LogP contribution in [0.1, 0.15) is 51.7 Å². The van der Waals surface area contributed by atoms with Gasteiger partial charge >= 0.3 is 0 Å². The third-order valence-corrected chi connectivity index (χ3v) is 5.48. The number of nitrogens with zero attached hydrogens (tertiary/aromatic N) is 1. The lowest BCUT2D eigenvalue weighted by Crippen LogP contribution is -2.44. The molecule has 6 heteroatoms. The standard InChI is InChI=1S/C18H22N2O3S/c1-4-15-13-6-8-24-16(13)5-7-20(15)17(21)10-19-18(22)14-9-11(2)23-12(14)3/h6,8-9,15H,4-5,7,10H2,1-3H3,(H,19,22)/t15-/m0/s1. The molecule has 0 aliphatic carbocycles. The van der Waals surface area contributed by atoms with E-state index in [-0.39, 0.29) is 24.4 Å². The van der Waals surface area contributed by atoms with Crippen molar-refractivity contribution in [1.29, 1.82) is 0 Å². The van der Waals surface area contributed by atoms with Crippen LogP contribution in [0.4, 0.5) is 0 Å². The molecule has 1 aliphatic heterocycles. The van der Waals surface area contributed by atoms with E-state index in [0.717, 1.165) is 12.8 Å². The van der Waals surface area contributed by atoms with Gasteiger partial charge < -0.3 is 14.6 Å². The quantitative estimate of drug-likeness (QED) is 0.924. The summed E-state index contributed by atoms with van der Waals surface area (Å²) >= 11 is 1.76. The van der Waals surface area contributed by atoms with Crippen LogP contribution in [0.2, 0.25) is 0 Å². The molecule has 24 heavy (non-hydrogen) atoms. The Morgan fingerprint density at radius 2 is 2.21 bits per heavy atom. The molecule has 1 N–H and O–H groups in total. The minimum Gasteiger partial charge on any atom is -0.466 e. The van der Waals surface area contributed by atoms with E-state index in [9.17, 15) is 9.59 Å². The highest BCUT2D eigenvalue weighted by Crippen LogP contribution is 2.35. The fraction of sp³-hybridized carbons (Fsp3) is 0.444. The maximum atomic E-state index is 12.6. The van der Waals surface area contributed by atoms with E-state index in [0.29, 0.717) is 23.6 Å².